The summed E-state index contributed by atoms with van der Waals surface area (Å²) in [6, 6.07) is 3.58. The van der Waals surface area contributed by atoms with E-state index in [1.54, 1.807) is 0 Å². The molecular weight excluding hydrogens is 341 g/mol. The fourth-order valence-corrected chi connectivity index (χ4v) is 3.65. The van der Waals surface area contributed by atoms with Crippen LogP contribution in [0.4, 0.5) is 18.9 Å². The molecule has 1 heterocycles. The lowest BCUT2D eigenvalue weighted by Crippen LogP contribution is -2.47. The summed E-state index contributed by atoms with van der Waals surface area (Å²) in [6.45, 7) is -0.984. The van der Waals surface area contributed by atoms with Gasteiger partial charge in [-0.1, -0.05) is 0 Å². The number of nitrogens with zero attached hydrogens (tertiary/aromatic N) is 2. The number of hydrogen-bond donors (Lipinski definition) is 0. The number of halogens is 3. The van der Waals surface area contributed by atoms with Gasteiger partial charge < -0.3 is 0 Å². The number of benzene rings is 1. The Bertz CT molecular complexity index is 730. The maximum atomic E-state index is 12.8. The molecular formula is C12H11F3N2O5S. The van der Waals surface area contributed by atoms with Gasteiger partial charge in [-0.3, -0.25) is 14.9 Å². The SMILES string of the molecule is O=C1CCC(C(F)(F)F)CN1S(=O)(=O)c1ccc([N+](=O)[O-])cc1. The number of piperidine rings is 1. The molecule has 1 saturated heterocycles. The van der Waals surface area contributed by atoms with Gasteiger partial charge in [0.2, 0.25) is 5.91 Å². The Morgan fingerprint density at radius 1 is 1.22 bits per heavy atom. The molecule has 1 amide bonds. The number of carbonyl (C=O) groups excluding carboxylic acids is 1. The third-order valence-corrected chi connectivity index (χ3v) is 5.27. The predicted octanol–water partition coefficient (Wildman–Crippen LogP) is 2.08. The van der Waals surface area contributed by atoms with Crippen molar-refractivity contribution in [2.24, 2.45) is 5.92 Å². The average molecular weight is 352 g/mol. The van der Waals surface area contributed by atoms with Gasteiger partial charge in [0.15, 0.2) is 0 Å². The van der Waals surface area contributed by atoms with E-state index >= 15 is 0 Å². The highest BCUT2D eigenvalue weighted by Gasteiger charge is 2.46. The van der Waals surface area contributed by atoms with E-state index in [9.17, 15) is 36.5 Å². The van der Waals surface area contributed by atoms with Gasteiger partial charge in [0.25, 0.3) is 15.7 Å². The minimum absolute atomic E-state index is 0.190. The summed E-state index contributed by atoms with van der Waals surface area (Å²) in [6.07, 6.45) is -5.60. The molecule has 1 atom stereocenters. The molecule has 0 N–H and O–H groups in total. The van der Waals surface area contributed by atoms with Crippen molar-refractivity contribution < 1.29 is 31.3 Å². The number of nitro groups is 1. The fourth-order valence-electron chi connectivity index (χ4n) is 2.18. The minimum atomic E-state index is -4.61. The Hall–Kier alpha value is -2.17. The second kappa shape index (κ2) is 5.80. The van der Waals surface area contributed by atoms with E-state index in [0.717, 1.165) is 24.3 Å². The topological polar surface area (TPSA) is 97.6 Å². The lowest BCUT2D eigenvalue weighted by molar-refractivity contribution is -0.384. The van der Waals surface area contributed by atoms with E-state index in [0.29, 0.717) is 0 Å². The number of nitro benzene ring substituents is 1. The molecule has 126 valence electrons. The van der Waals surface area contributed by atoms with E-state index in [4.69, 9.17) is 0 Å². The third kappa shape index (κ3) is 3.44. The summed E-state index contributed by atoms with van der Waals surface area (Å²) in [4.78, 5) is 21.0. The van der Waals surface area contributed by atoms with Crippen molar-refractivity contribution >= 4 is 21.6 Å². The first-order valence-electron chi connectivity index (χ1n) is 6.40. The van der Waals surface area contributed by atoms with Crippen molar-refractivity contribution in [3.63, 3.8) is 0 Å². The first kappa shape index (κ1) is 17.2. The summed E-state index contributed by atoms with van der Waals surface area (Å²) < 4.78 is 63.1. The van der Waals surface area contributed by atoms with E-state index in [2.05, 4.69) is 0 Å². The van der Waals surface area contributed by atoms with Crippen LogP contribution in [0.1, 0.15) is 12.8 Å². The van der Waals surface area contributed by atoms with Gasteiger partial charge in [-0.15, -0.1) is 0 Å². The number of alkyl halides is 3. The first-order valence-corrected chi connectivity index (χ1v) is 7.84. The van der Waals surface area contributed by atoms with Crippen LogP contribution >= 0.6 is 0 Å². The molecule has 0 radical (unpaired) electrons. The summed E-state index contributed by atoms with van der Waals surface area (Å²) in [5, 5.41) is 10.5. The molecule has 0 bridgehead atoms. The van der Waals surface area contributed by atoms with Crippen LogP contribution in [-0.2, 0) is 14.8 Å². The van der Waals surface area contributed by atoms with Crippen molar-refractivity contribution in [3.05, 3.63) is 34.4 Å². The van der Waals surface area contributed by atoms with E-state index in [1.807, 2.05) is 0 Å². The largest absolute Gasteiger partial charge is 0.393 e. The Balaban J connectivity index is 2.33. The molecule has 1 fully saturated rings. The number of carbonyl (C=O) groups is 1. The lowest BCUT2D eigenvalue weighted by Gasteiger charge is -2.32. The summed E-state index contributed by atoms with van der Waals surface area (Å²) in [5.41, 5.74) is -0.373. The molecule has 1 aliphatic heterocycles. The van der Waals surface area contributed by atoms with Crippen LogP contribution < -0.4 is 0 Å². The highest BCUT2D eigenvalue weighted by molar-refractivity contribution is 7.89. The smallest absolute Gasteiger partial charge is 0.274 e. The molecule has 1 unspecified atom stereocenters. The van der Waals surface area contributed by atoms with Crippen LogP contribution in [0.25, 0.3) is 0 Å². The summed E-state index contributed by atoms with van der Waals surface area (Å²) in [7, 11) is -4.49. The number of non-ortho nitro benzene ring substituents is 1. The van der Waals surface area contributed by atoms with Crippen LogP contribution in [0, 0.1) is 16.0 Å². The summed E-state index contributed by atoms with van der Waals surface area (Å²) in [5.74, 6) is -2.85. The van der Waals surface area contributed by atoms with Gasteiger partial charge in [0, 0.05) is 25.1 Å². The second-order valence-corrected chi connectivity index (χ2v) is 6.82. The quantitative estimate of drug-likeness (QED) is 0.613. The highest BCUT2D eigenvalue weighted by atomic mass is 32.2. The number of rotatable bonds is 3. The molecule has 23 heavy (non-hydrogen) atoms. The normalized spacial score (nSPS) is 19.7. The first-order chi connectivity index (χ1) is 10.5. The maximum absolute atomic E-state index is 12.8. The van der Waals surface area contributed by atoms with Crippen LogP contribution in [-0.4, -0.2) is 36.3 Å². The van der Waals surface area contributed by atoms with Crippen LogP contribution in [0.3, 0.4) is 0 Å². The molecule has 0 saturated carbocycles. The van der Waals surface area contributed by atoms with Gasteiger partial charge >= 0.3 is 6.18 Å². The van der Waals surface area contributed by atoms with Crippen LogP contribution in [0.5, 0.6) is 0 Å². The molecule has 7 nitrogen and oxygen atoms in total. The number of hydrogen-bond acceptors (Lipinski definition) is 5. The van der Waals surface area contributed by atoms with Crippen molar-refractivity contribution in [1.82, 2.24) is 4.31 Å². The average Bonchev–Trinajstić information content (AvgIpc) is 2.46. The van der Waals surface area contributed by atoms with Crippen molar-refractivity contribution in [3.8, 4) is 0 Å². The summed E-state index contributed by atoms with van der Waals surface area (Å²) >= 11 is 0. The molecule has 1 aromatic carbocycles. The zero-order valence-electron chi connectivity index (χ0n) is 11.5. The minimum Gasteiger partial charge on any atom is -0.274 e. The van der Waals surface area contributed by atoms with Crippen molar-refractivity contribution in [2.75, 3.05) is 6.54 Å². The molecule has 0 aliphatic carbocycles. The number of sulfonamides is 1. The second-order valence-electron chi connectivity index (χ2n) is 4.96. The fraction of sp³-hybridized carbons (Fsp3) is 0.417. The van der Waals surface area contributed by atoms with Crippen molar-refractivity contribution in [2.45, 2.75) is 23.9 Å². The third-order valence-electron chi connectivity index (χ3n) is 3.47. The predicted molar refractivity (Wildman–Crippen MR) is 70.8 cm³/mol. The van der Waals surface area contributed by atoms with Crippen LogP contribution in [0.2, 0.25) is 0 Å². The van der Waals surface area contributed by atoms with E-state index in [-0.39, 0.29) is 9.99 Å². The van der Waals surface area contributed by atoms with Gasteiger partial charge in [0.1, 0.15) is 0 Å². The Morgan fingerprint density at radius 2 is 1.78 bits per heavy atom. The molecule has 2 rings (SSSR count). The molecule has 1 aromatic rings. The van der Waals surface area contributed by atoms with Gasteiger partial charge in [-0.05, 0) is 18.6 Å². The van der Waals surface area contributed by atoms with E-state index < -0.39 is 57.2 Å². The zero-order chi connectivity index (χ0) is 17.4. The Morgan fingerprint density at radius 3 is 2.26 bits per heavy atom. The van der Waals surface area contributed by atoms with Crippen LogP contribution in [0.15, 0.2) is 29.2 Å². The molecule has 1 aliphatic rings. The van der Waals surface area contributed by atoms with Gasteiger partial charge in [-0.25, -0.2) is 12.7 Å². The highest BCUT2D eigenvalue weighted by Crippen LogP contribution is 2.35. The molecule has 0 spiro atoms. The van der Waals surface area contributed by atoms with Crippen molar-refractivity contribution in [1.29, 1.82) is 0 Å². The zero-order valence-corrected chi connectivity index (χ0v) is 12.3. The lowest BCUT2D eigenvalue weighted by atomic mass is 9.99. The van der Waals surface area contributed by atoms with E-state index in [1.165, 1.54) is 0 Å². The van der Waals surface area contributed by atoms with Gasteiger partial charge in [-0.2, -0.15) is 13.2 Å². The van der Waals surface area contributed by atoms with Gasteiger partial charge in [0.05, 0.1) is 15.7 Å². The molecule has 11 heteroatoms. The monoisotopic (exact) mass is 352 g/mol. The Kier molecular flexibility index (Phi) is 4.33. The maximum Gasteiger partial charge on any atom is 0.393 e. The standard InChI is InChI=1S/C12H11F3N2O5S/c13-12(14,15)8-1-6-11(18)16(7-8)23(21,22)10-4-2-9(3-5-10)17(19)20/h2-5,8H,1,6-7H2. The number of amides is 1. The Labute approximate surface area is 128 Å². The molecule has 0 aromatic heterocycles.